The highest BCUT2D eigenvalue weighted by Gasteiger charge is 2.33. The number of hydrogen-bond donors (Lipinski definition) is 1. The Kier molecular flexibility index (Phi) is 7.96. The number of sulfonamides is 1. The second-order valence-electron chi connectivity index (χ2n) is 8.92. The molecule has 3 heterocycles. The van der Waals surface area contributed by atoms with Gasteiger partial charge >= 0.3 is 5.97 Å². The molecule has 0 bridgehead atoms. The molecule has 2 aliphatic rings. The number of fused-ring (bicyclic) bond motifs is 1. The summed E-state index contributed by atoms with van der Waals surface area (Å²) in [6.45, 7) is 4.90. The number of anilines is 1. The first-order chi connectivity index (χ1) is 17.6. The van der Waals surface area contributed by atoms with Gasteiger partial charge in [-0.2, -0.15) is 9.57 Å². The quantitative estimate of drug-likeness (QED) is 0.552. The third-order valence-corrected chi connectivity index (χ3v) is 9.71. The van der Waals surface area contributed by atoms with E-state index in [1.54, 1.807) is 11.8 Å². The molecule has 1 saturated heterocycles. The fourth-order valence-corrected chi connectivity index (χ4v) is 7.25. The number of benzene rings is 1. The van der Waals surface area contributed by atoms with Crippen LogP contribution in [0.3, 0.4) is 0 Å². The van der Waals surface area contributed by atoms with Crippen molar-refractivity contribution < 1.29 is 27.5 Å². The zero-order valence-electron chi connectivity index (χ0n) is 20.7. The van der Waals surface area contributed by atoms with E-state index in [4.69, 9.17) is 4.74 Å². The van der Waals surface area contributed by atoms with Crippen LogP contribution in [0.4, 0.5) is 5.00 Å². The predicted octanol–water partition coefficient (Wildman–Crippen LogP) is 2.74. The van der Waals surface area contributed by atoms with E-state index < -0.39 is 15.9 Å². The third-order valence-electron chi connectivity index (χ3n) is 6.67. The van der Waals surface area contributed by atoms with Crippen LogP contribution in [-0.4, -0.2) is 61.6 Å². The van der Waals surface area contributed by atoms with Crippen molar-refractivity contribution in [3.05, 3.63) is 45.8 Å². The zero-order valence-corrected chi connectivity index (χ0v) is 22.3. The lowest BCUT2D eigenvalue weighted by atomic mass is 9.98. The number of hydrogen-bond acceptors (Lipinski definition) is 8. The minimum atomic E-state index is -3.77. The summed E-state index contributed by atoms with van der Waals surface area (Å²) >= 11 is 1.28. The van der Waals surface area contributed by atoms with Crippen LogP contribution in [0.15, 0.2) is 29.2 Å². The topological polar surface area (TPSA) is 137 Å². The van der Waals surface area contributed by atoms with E-state index in [9.17, 15) is 28.1 Å². The average molecular weight is 545 g/mol. The molecule has 2 amide bonds. The molecular weight excluding hydrogens is 516 g/mol. The zero-order chi connectivity index (χ0) is 26.7. The summed E-state index contributed by atoms with van der Waals surface area (Å²) < 4.78 is 32.5. The summed E-state index contributed by atoms with van der Waals surface area (Å²) in [5, 5.41) is 12.9. The summed E-state index contributed by atoms with van der Waals surface area (Å²) in [6.07, 6.45) is 1.34. The van der Waals surface area contributed by atoms with E-state index in [0.717, 1.165) is 10.4 Å². The fraction of sp³-hybridized carbons (Fsp3) is 0.440. The van der Waals surface area contributed by atoms with Gasteiger partial charge in [-0.3, -0.25) is 14.4 Å². The van der Waals surface area contributed by atoms with Gasteiger partial charge in [0.25, 0.3) is 5.91 Å². The number of thiophene rings is 1. The maximum atomic E-state index is 13.1. The van der Waals surface area contributed by atoms with Gasteiger partial charge in [0, 0.05) is 37.0 Å². The van der Waals surface area contributed by atoms with Gasteiger partial charge in [-0.1, -0.05) is 0 Å². The number of carbonyl (C=O) groups is 3. The van der Waals surface area contributed by atoms with Crippen LogP contribution in [0.2, 0.25) is 0 Å². The van der Waals surface area contributed by atoms with E-state index in [0.29, 0.717) is 49.5 Å². The van der Waals surface area contributed by atoms with Crippen LogP contribution >= 0.6 is 11.3 Å². The molecule has 0 saturated carbocycles. The number of amides is 2. The minimum Gasteiger partial charge on any atom is -0.466 e. The van der Waals surface area contributed by atoms with Gasteiger partial charge < -0.3 is 15.0 Å². The summed E-state index contributed by atoms with van der Waals surface area (Å²) in [4.78, 5) is 39.2. The Bertz CT molecular complexity index is 1350. The smallest absolute Gasteiger partial charge is 0.309 e. The number of carbonyl (C=O) groups excluding carboxylic acids is 3. The summed E-state index contributed by atoms with van der Waals surface area (Å²) in [5.74, 6) is -1.10. The first-order valence-electron chi connectivity index (χ1n) is 12.0. The van der Waals surface area contributed by atoms with E-state index in [1.165, 1.54) is 46.8 Å². The summed E-state index contributed by atoms with van der Waals surface area (Å²) in [7, 11) is -3.77. The molecule has 2 aliphatic heterocycles. The Morgan fingerprint density at radius 1 is 1.16 bits per heavy atom. The number of rotatable bonds is 6. The minimum absolute atomic E-state index is 0.0402. The number of esters is 1. The van der Waals surface area contributed by atoms with Crippen LogP contribution in [0, 0.1) is 17.2 Å². The Hall–Kier alpha value is -3.27. The SMILES string of the molecule is CCOC(=O)C1CCN(S(=O)(=O)c2ccc(C(=O)Nc3sc4c(c3C#N)CCN(C(C)=O)C4)cc2)CC1. The van der Waals surface area contributed by atoms with Gasteiger partial charge in [0.05, 0.1) is 29.5 Å². The van der Waals surface area contributed by atoms with Gasteiger partial charge in [0.15, 0.2) is 0 Å². The molecule has 0 unspecified atom stereocenters. The molecule has 12 heteroatoms. The Balaban J connectivity index is 1.44. The first-order valence-corrected chi connectivity index (χ1v) is 14.3. The van der Waals surface area contributed by atoms with Gasteiger partial charge in [0.2, 0.25) is 15.9 Å². The van der Waals surface area contributed by atoms with Crippen molar-refractivity contribution in [2.45, 2.75) is 44.6 Å². The lowest BCUT2D eigenvalue weighted by molar-refractivity contribution is -0.149. The molecule has 0 radical (unpaired) electrons. The standard InChI is InChI=1S/C25H28N4O6S2/c1-3-35-25(32)18-8-12-29(13-9-18)37(33,34)19-6-4-17(5-7-19)23(31)27-24-21(14-26)20-10-11-28(16(2)30)15-22(20)36-24/h4-7,18H,3,8-13,15H2,1-2H3,(H,27,31). The van der Waals surface area contributed by atoms with E-state index in [-0.39, 0.29) is 41.3 Å². The van der Waals surface area contributed by atoms with E-state index >= 15 is 0 Å². The monoisotopic (exact) mass is 544 g/mol. The lowest BCUT2D eigenvalue weighted by Gasteiger charge is -2.30. The molecule has 37 heavy (non-hydrogen) atoms. The molecule has 0 aliphatic carbocycles. The molecule has 0 atom stereocenters. The fourth-order valence-electron chi connectivity index (χ4n) is 4.57. The van der Waals surface area contributed by atoms with Crippen molar-refractivity contribution in [1.29, 1.82) is 5.26 Å². The molecule has 1 aromatic heterocycles. The van der Waals surface area contributed by atoms with Gasteiger partial charge in [-0.05, 0) is 56.0 Å². The summed E-state index contributed by atoms with van der Waals surface area (Å²) in [5.41, 5.74) is 1.51. The number of nitriles is 1. The molecule has 4 rings (SSSR count). The van der Waals surface area contributed by atoms with Crippen LogP contribution in [0.5, 0.6) is 0 Å². The Morgan fingerprint density at radius 3 is 2.43 bits per heavy atom. The van der Waals surface area contributed by atoms with Crippen molar-refractivity contribution in [2.75, 3.05) is 31.6 Å². The number of nitrogens with one attached hydrogen (secondary N) is 1. The highest BCUT2D eigenvalue weighted by molar-refractivity contribution is 7.89. The largest absolute Gasteiger partial charge is 0.466 e. The molecule has 2 aromatic rings. The van der Waals surface area contributed by atoms with Crippen LogP contribution < -0.4 is 5.32 Å². The van der Waals surface area contributed by atoms with Gasteiger partial charge in [-0.25, -0.2) is 8.42 Å². The molecular formula is C25H28N4O6S2. The average Bonchev–Trinajstić information content (AvgIpc) is 3.24. The van der Waals surface area contributed by atoms with Crippen molar-refractivity contribution in [3.8, 4) is 6.07 Å². The highest BCUT2D eigenvalue weighted by Crippen LogP contribution is 2.37. The molecule has 196 valence electrons. The Morgan fingerprint density at radius 2 is 1.84 bits per heavy atom. The van der Waals surface area contributed by atoms with Crippen molar-refractivity contribution in [2.24, 2.45) is 5.92 Å². The van der Waals surface area contributed by atoms with Crippen LogP contribution in [-0.2, 0) is 37.3 Å². The maximum Gasteiger partial charge on any atom is 0.309 e. The van der Waals surface area contributed by atoms with Crippen molar-refractivity contribution in [3.63, 3.8) is 0 Å². The van der Waals surface area contributed by atoms with E-state index in [2.05, 4.69) is 11.4 Å². The second-order valence-corrected chi connectivity index (χ2v) is 12.0. The molecule has 10 nitrogen and oxygen atoms in total. The number of ether oxygens (including phenoxy) is 1. The predicted molar refractivity (Wildman–Crippen MR) is 136 cm³/mol. The van der Waals surface area contributed by atoms with Crippen molar-refractivity contribution in [1.82, 2.24) is 9.21 Å². The number of nitrogens with zero attached hydrogens (tertiary/aromatic N) is 3. The molecule has 1 N–H and O–H groups in total. The first kappa shape index (κ1) is 26.8. The maximum absolute atomic E-state index is 13.1. The molecule has 1 fully saturated rings. The van der Waals surface area contributed by atoms with Gasteiger partial charge in [-0.15, -0.1) is 11.3 Å². The molecule has 1 aromatic carbocycles. The normalized spacial score (nSPS) is 16.5. The lowest BCUT2D eigenvalue weighted by Crippen LogP contribution is -2.40. The van der Waals surface area contributed by atoms with Crippen molar-refractivity contribution >= 4 is 44.1 Å². The summed E-state index contributed by atoms with van der Waals surface area (Å²) in [6, 6.07) is 7.81. The highest BCUT2D eigenvalue weighted by atomic mass is 32.2. The van der Waals surface area contributed by atoms with Crippen LogP contribution in [0.25, 0.3) is 0 Å². The Labute approximate surface area is 219 Å². The molecule has 0 spiro atoms. The van der Waals surface area contributed by atoms with Crippen LogP contribution in [0.1, 0.15) is 53.1 Å². The second kappa shape index (κ2) is 11.0. The van der Waals surface area contributed by atoms with Gasteiger partial charge in [0.1, 0.15) is 11.1 Å². The number of piperidine rings is 1. The third kappa shape index (κ3) is 5.53. The van der Waals surface area contributed by atoms with E-state index in [1.807, 2.05) is 0 Å².